The second-order valence-electron chi connectivity index (χ2n) is 3.22. The van der Waals surface area contributed by atoms with Gasteiger partial charge in [0.1, 0.15) is 12.1 Å². The molecule has 0 saturated carbocycles. The molecule has 6 nitrogen and oxygen atoms in total. The average molecular weight is 200 g/mol. The summed E-state index contributed by atoms with van der Waals surface area (Å²) in [6.45, 7) is 1.57. The smallest absolute Gasteiger partial charge is 0.303 e. The van der Waals surface area contributed by atoms with E-state index in [9.17, 15) is 14.4 Å². The molecule has 1 heterocycles. The second-order valence-corrected chi connectivity index (χ2v) is 3.22. The highest BCUT2D eigenvalue weighted by Gasteiger charge is 2.30. The van der Waals surface area contributed by atoms with Gasteiger partial charge >= 0.3 is 5.97 Å². The van der Waals surface area contributed by atoms with E-state index in [-0.39, 0.29) is 24.7 Å². The van der Waals surface area contributed by atoms with Crippen LogP contribution in [-0.2, 0) is 14.4 Å². The standard InChI is InChI=1S/C8H12N2O4/c1-4-7(13)10-5(8(14)9-4)2-3-6(11)12/h4-5H,2-3H2,1H3,(H,9,14)(H,10,13)(H,11,12)/t4-,5-/m0/s1. The number of carbonyl (C=O) groups excluding carboxylic acids is 2. The number of hydrogen-bond donors (Lipinski definition) is 3. The molecule has 0 aliphatic carbocycles. The summed E-state index contributed by atoms with van der Waals surface area (Å²) < 4.78 is 0. The minimum Gasteiger partial charge on any atom is -0.481 e. The van der Waals surface area contributed by atoms with Gasteiger partial charge < -0.3 is 15.7 Å². The van der Waals surface area contributed by atoms with E-state index in [0.29, 0.717) is 0 Å². The molecule has 3 N–H and O–H groups in total. The molecular formula is C8H12N2O4. The van der Waals surface area contributed by atoms with Crippen molar-refractivity contribution in [2.24, 2.45) is 0 Å². The van der Waals surface area contributed by atoms with Crippen LogP contribution in [0.1, 0.15) is 19.8 Å². The van der Waals surface area contributed by atoms with Crippen molar-refractivity contribution in [1.29, 1.82) is 0 Å². The van der Waals surface area contributed by atoms with Crippen LogP contribution in [0.15, 0.2) is 0 Å². The van der Waals surface area contributed by atoms with Crippen molar-refractivity contribution >= 4 is 17.8 Å². The molecule has 6 heteroatoms. The van der Waals surface area contributed by atoms with Crippen molar-refractivity contribution in [2.45, 2.75) is 31.8 Å². The summed E-state index contributed by atoms with van der Waals surface area (Å²) >= 11 is 0. The van der Waals surface area contributed by atoms with Gasteiger partial charge in [0.15, 0.2) is 0 Å². The van der Waals surface area contributed by atoms with Crippen LogP contribution in [0.2, 0.25) is 0 Å². The third-order valence-electron chi connectivity index (χ3n) is 2.03. The first-order chi connectivity index (χ1) is 6.50. The van der Waals surface area contributed by atoms with Gasteiger partial charge in [0.2, 0.25) is 11.8 Å². The molecule has 0 aromatic rings. The first-order valence-corrected chi connectivity index (χ1v) is 4.33. The van der Waals surface area contributed by atoms with Crippen LogP contribution in [0.25, 0.3) is 0 Å². The molecule has 1 rings (SSSR count). The minimum absolute atomic E-state index is 0.125. The van der Waals surface area contributed by atoms with Gasteiger partial charge in [0.05, 0.1) is 0 Å². The van der Waals surface area contributed by atoms with Gasteiger partial charge in [-0.2, -0.15) is 0 Å². The number of amides is 2. The summed E-state index contributed by atoms with van der Waals surface area (Å²) in [5.41, 5.74) is 0. The Bertz CT molecular complexity index is 277. The first kappa shape index (κ1) is 10.5. The maximum Gasteiger partial charge on any atom is 0.303 e. The normalized spacial score (nSPS) is 26.6. The maximum atomic E-state index is 11.2. The fraction of sp³-hybridized carbons (Fsp3) is 0.625. The topological polar surface area (TPSA) is 95.5 Å². The van der Waals surface area contributed by atoms with Gasteiger partial charge in [-0.1, -0.05) is 0 Å². The predicted octanol–water partition coefficient (Wildman–Crippen LogP) is -1.15. The molecule has 1 aliphatic heterocycles. The Morgan fingerprint density at radius 1 is 1.36 bits per heavy atom. The van der Waals surface area contributed by atoms with Crippen molar-refractivity contribution in [3.05, 3.63) is 0 Å². The zero-order chi connectivity index (χ0) is 10.7. The van der Waals surface area contributed by atoms with E-state index in [1.807, 2.05) is 0 Å². The molecular weight excluding hydrogens is 188 g/mol. The van der Waals surface area contributed by atoms with E-state index in [0.717, 1.165) is 0 Å². The Morgan fingerprint density at radius 2 is 2.00 bits per heavy atom. The Balaban J connectivity index is 2.49. The molecule has 0 aromatic heterocycles. The Labute approximate surface area is 80.7 Å². The van der Waals surface area contributed by atoms with Crippen LogP contribution in [0, 0.1) is 0 Å². The molecule has 1 fully saturated rings. The largest absolute Gasteiger partial charge is 0.481 e. The number of carbonyl (C=O) groups is 3. The molecule has 2 atom stereocenters. The minimum atomic E-state index is -0.981. The Morgan fingerprint density at radius 3 is 2.57 bits per heavy atom. The molecule has 1 aliphatic rings. The fourth-order valence-corrected chi connectivity index (χ4v) is 1.21. The molecule has 0 aromatic carbocycles. The summed E-state index contributed by atoms with van der Waals surface area (Å²) in [4.78, 5) is 32.6. The molecule has 78 valence electrons. The summed E-state index contributed by atoms with van der Waals surface area (Å²) in [6, 6.07) is -1.25. The van der Waals surface area contributed by atoms with Gasteiger partial charge in [-0.15, -0.1) is 0 Å². The highest BCUT2D eigenvalue weighted by molar-refractivity contribution is 5.96. The molecule has 14 heavy (non-hydrogen) atoms. The van der Waals surface area contributed by atoms with Crippen LogP contribution >= 0.6 is 0 Å². The number of carboxylic acids is 1. The van der Waals surface area contributed by atoms with Crippen LogP contribution in [0.5, 0.6) is 0 Å². The van der Waals surface area contributed by atoms with Gasteiger partial charge in [-0.05, 0) is 13.3 Å². The SMILES string of the molecule is C[C@@H]1NC(=O)[C@H](CCC(=O)O)NC1=O. The zero-order valence-electron chi connectivity index (χ0n) is 7.74. The lowest BCUT2D eigenvalue weighted by molar-refractivity contribution is -0.139. The lowest BCUT2D eigenvalue weighted by Crippen LogP contribution is -2.60. The molecule has 2 amide bonds. The number of piperazine rings is 1. The number of carboxylic acid groups (broad SMARTS) is 1. The Hall–Kier alpha value is -1.59. The monoisotopic (exact) mass is 200 g/mol. The quantitative estimate of drug-likeness (QED) is 0.536. The summed E-state index contributed by atoms with van der Waals surface area (Å²) in [5.74, 6) is -1.58. The van der Waals surface area contributed by atoms with Crippen LogP contribution < -0.4 is 10.6 Å². The second kappa shape index (κ2) is 4.08. The van der Waals surface area contributed by atoms with E-state index in [4.69, 9.17) is 5.11 Å². The number of nitrogens with one attached hydrogen (secondary N) is 2. The summed E-state index contributed by atoms with van der Waals surface area (Å²) in [5, 5.41) is 13.3. The van der Waals surface area contributed by atoms with Gasteiger partial charge in [-0.25, -0.2) is 0 Å². The van der Waals surface area contributed by atoms with Crippen LogP contribution in [0.4, 0.5) is 0 Å². The van der Waals surface area contributed by atoms with E-state index >= 15 is 0 Å². The van der Waals surface area contributed by atoms with Gasteiger partial charge in [0.25, 0.3) is 0 Å². The molecule has 0 radical (unpaired) electrons. The number of rotatable bonds is 3. The van der Waals surface area contributed by atoms with Crippen LogP contribution in [-0.4, -0.2) is 35.0 Å². The molecule has 0 unspecified atom stereocenters. The molecule has 1 saturated heterocycles. The van der Waals surface area contributed by atoms with Crippen molar-refractivity contribution < 1.29 is 19.5 Å². The van der Waals surface area contributed by atoms with E-state index in [1.165, 1.54) is 0 Å². The lowest BCUT2D eigenvalue weighted by atomic mass is 10.1. The van der Waals surface area contributed by atoms with E-state index < -0.39 is 18.1 Å². The average Bonchev–Trinajstić information content (AvgIpc) is 2.09. The Kier molecular flexibility index (Phi) is 3.06. The first-order valence-electron chi connectivity index (χ1n) is 4.33. The summed E-state index contributed by atoms with van der Waals surface area (Å²) in [7, 11) is 0. The maximum absolute atomic E-state index is 11.2. The zero-order valence-corrected chi connectivity index (χ0v) is 7.74. The lowest BCUT2D eigenvalue weighted by Gasteiger charge is -2.27. The fourth-order valence-electron chi connectivity index (χ4n) is 1.21. The number of hydrogen-bond acceptors (Lipinski definition) is 3. The van der Waals surface area contributed by atoms with E-state index in [1.54, 1.807) is 6.92 Å². The molecule has 0 bridgehead atoms. The van der Waals surface area contributed by atoms with Crippen molar-refractivity contribution in [2.75, 3.05) is 0 Å². The molecule has 0 spiro atoms. The summed E-state index contributed by atoms with van der Waals surface area (Å²) in [6.07, 6.45) is -0.00757. The van der Waals surface area contributed by atoms with Crippen LogP contribution in [0.3, 0.4) is 0 Å². The van der Waals surface area contributed by atoms with Gasteiger partial charge in [-0.3, -0.25) is 14.4 Å². The van der Waals surface area contributed by atoms with Crippen molar-refractivity contribution in [3.63, 3.8) is 0 Å². The third-order valence-corrected chi connectivity index (χ3v) is 2.03. The highest BCUT2D eigenvalue weighted by Crippen LogP contribution is 2.03. The highest BCUT2D eigenvalue weighted by atomic mass is 16.4. The van der Waals surface area contributed by atoms with E-state index in [2.05, 4.69) is 10.6 Å². The predicted molar refractivity (Wildman–Crippen MR) is 46.4 cm³/mol. The van der Waals surface area contributed by atoms with Gasteiger partial charge in [0, 0.05) is 6.42 Å². The number of aliphatic carboxylic acids is 1. The third kappa shape index (κ3) is 2.45. The van der Waals surface area contributed by atoms with Crippen molar-refractivity contribution in [3.8, 4) is 0 Å². The van der Waals surface area contributed by atoms with Crippen molar-refractivity contribution in [1.82, 2.24) is 10.6 Å².